The molecule has 0 bridgehead atoms. The molecule has 2 aromatic carbocycles. The zero-order valence-electron chi connectivity index (χ0n) is 15.3. The number of carbonyl (C=O) groups excluding carboxylic acids is 2. The quantitative estimate of drug-likeness (QED) is 0.648. The highest BCUT2D eigenvalue weighted by Crippen LogP contribution is 2.20. The average molecular weight is 359 g/mol. The van der Waals surface area contributed by atoms with Gasteiger partial charge in [-0.15, -0.1) is 0 Å². The molecule has 136 valence electrons. The molecule has 0 radical (unpaired) electrons. The van der Waals surface area contributed by atoms with E-state index in [4.69, 9.17) is 0 Å². The lowest BCUT2D eigenvalue weighted by Crippen LogP contribution is -2.30. The Kier molecular flexibility index (Phi) is 5.61. The maximum absolute atomic E-state index is 13.0. The molecule has 5 nitrogen and oxygen atoms in total. The zero-order chi connectivity index (χ0) is 19.2. The number of benzene rings is 2. The molecule has 1 heterocycles. The van der Waals surface area contributed by atoms with Crippen molar-refractivity contribution in [3.8, 4) is 0 Å². The number of amides is 1. The summed E-state index contributed by atoms with van der Waals surface area (Å²) >= 11 is 0. The first-order chi connectivity index (χ1) is 13.1. The molecule has 27 heavy (non-hydrogen) atoms. The summed E-state index contributed by atoms with van der Waals surface area (Å²) in [6.07, 6.45) is 1.60. The topological polar surface area (TPSA) is 62.3 Å². The Morgan fingerprint density at radius 3 is 2.44 bits per heavy atom. The zero-order valence-corrected chi connectivity index (χ0v) is 15.3. The van der Waals surface area contributed by atoms with Gasteiger partial charge in [-0.05, 0) is 50.2 Å². The van der Waals surface area contributed by atoms with E-state index >= 15 is 0 Å². The average Bonchev–Trinajstić information content (AvgIpc) is 2.70. The Morgan fingerprint density at radius 1 is 0.963 bits per heavy atom. The molecule has 0 spiro atoms. The number of pyridine rings is 1. The van der Waals surface area contributed by atoms with Crippen LogP contribution in [0.25, 0.3) is 0 Å². The van der Waals surface area contributed by atoms with E-state index in [1.54, 1.807) is 35.4 Å². The second kappa shape index (κ2) is 8.27. The summed E-state index contributed by atoms with van der Waals surface area (Å²) in [4.78, 5) is 30.5. The fourth-order valence-corrected chi connectivity index (χ4v) is 2.80. The van der Waals surface area contributed by atoms with Gasteiger partial charge in [-0.3, -0.25) is 9.59 Å². The van der Waals surface area contributed by atoms with Crippen LogP contribution in [0.15, 0.2) is 72.9 Å². The van der Waals surface area contributed by atoms with Crippen LogP contribution in [0, 0.1) is 0 Å². The minimum Gasteiger partial charge on any atom is -0.340 e. The number of aromatic nitrogens is 1. The second-order valence-electron chi connectivity index (χ2n) is 6.08. The highest BCUT2D eigenvalue weighted by atomic mass is 16.2. The van der Waals surface area contributed by atoms with E-state index in [2.05, 4.69) is 10.3 Å². The van der Waals surface area contributed by atoms with Gasteiger partial charge in [0.05, 0.1) is 0 Å². The first kappa shape index (κ1) is 18.3. The van der Waals surface area contributed by atoms with Crippen molar-refractivity contribution in [2.75, 3.05) is 16.8 Å². The third-order valence-electron chi connectivity index (χ3n) is 4.18. The highest BCUT2D eigenvalue weighted by Gasteiger charge is 2.16. The number of rotatable bonds is 6. The van der Waals surface area contributed by atoms with E-state index in [-0.39, 0.29) is 11.7 Å². The molecule has 3 aromatic rings. The van der Waals surface area contributed by atoms with Crippen molar-refractivity contribution >= 4 is 28.9 Å². The Hall–Kier alpha value is -3.47. The van der Waals surface area contributed by atoms with Gasteiger partial charge in [-0.1, -0.05) is 30.3 Å². The van der Waals surface area contributed by atoms with Crippen molar-refractivity contribution in [1.29, 1.82) is 0 Å². The lowest BCUT2D eigenvalue weighted by molar-refractivity contribution is 0.0986. The molecule has 0 aliphatic heterocycles. The van der Waals surface area contributed by atoms with Gasteiger partial charge in [0.1, 0.15) is 5.82 Å². The predicted octanol–water partition coefficient (Wildman–Crippen LogP) is 4.69. The Labute approximate surface area is 158 Å². The fourth-order valence-electron chi connectivity index (χ4n) is 2.80. The van der Waals surface area contributed by atoms with Crippen LogP contribution in [-0.2, 0) is 0 Å². The molecule has 0 aliphatic rings. The van der Waals surface area contributed by atoms with E-state index in [0.29, 0.717) is 23.5 Å². The molecule has 0 saturated carbocycles. The molecule has 0 unspecified atom stereocenters. The van der Waals surface area contributed by atoms with Crippen molar-refractivity contribution in [2.45, 2.75) is 13.8 Å². The molecule has 0 atom stereocenters. The number of ketones is 1. The summed E-state index contributed by atoms with van der Waals surface area (Å²) < 4.78 is 0. The van der Waals surface area contributed by atoms with Crippen LogP contribution in [0.1, 0.15) is 34.6 Å². The number of anilines is 3. The van der Waals surface area contributed by atoms with Gasteiger partial charge < -0.3 is 10.2 Å². The normalized spacial score (nSPS) is 10.3. The fraction of sp³-hybridized carbons (Fsp3) is 0.136. The van der Waals surface area contributed by atoms with Gasteiger partial charge in [-0.25, -0.2) is 4.98 Å². The van der Waals surface area contributed by atoms with Crippen LogP contribution >= 0.6 is 0 Å². The van der Waals surface area contributed by atoms with Crippen molar-refractivity contribution in [3.63, 3.8) is 0 Å². The first-order valence-electron chi connectivity index (χ1n) is 8.79. The van der Waals surface area contributed by atoms with E-state index in [1.807, 2.05) is 49.4 Å². The summed E-state index contributed by atoms with van der Waals surface area (Å²) in [6.45, 7) is 4.03. The van der Waals surface area contributed by atoms with Crippen LogP contribution in [0.3, 0.4) is 0 Å². The van der Waals surface area contributed by atoms with Crippen LogP contribution < -0.4 is 10.2 Å². The summed E-state index contributed by atoms with van der Waals surface area (Å²) in [6, 6.07) is 20.2. The largest absolute Gasteiger partial charge is 0.340 e. The number of para-hydroxylation sites is 1. The summed E-state index contributed by atoms with van der Waals surface area (Å²) in [7, 11) is 0. The summed E-state index contributed by atoms with van der Waals surface area (Å²) in [5, 5.41) is 3.16. The standard InChI is InChI=1S/C22H21N3O2/c1-3-25(20-10-5-4-6-11-20)22(27)18-12-13-23-21(15-18)24-19-9-7-8-17(14-19)16(2)26/h4-15H,3H2,1-2H3,(H,23,24). The Balaban J connectivity index is 1.84. The van der Waals surface area contributed by atoms with Crippen LogP contribution in [0.5, 0.6) is 0 Å². The minimum absolute atomic E-state index is 0.00279. The van der Waals surface area contributed by atoms with Gasteiger partial charge in [0, 0.05) is 35.2 Å². The monoisotopic (exact) mass is 359 g/mol. The second-order valence-corrected chi connectivity index (χ2v) is 6.08. The maximum Gasteiger partial charge on any atom is 0.258 e. The molecule has 1 N–H and O–H groups in total. The van der Waals surface area contributed by atoms with Crippen molar-refractivity contribution in [3.05, 3.63) is 84.1 Å². The number of nitrogens with zero attached hydrogens (tertiary/aromatic N) is 2. The molecular weight excluding hydrogens is 338 g/mol. The number of hydrogen-bond acceptors (Lipinski definition) is 4. The third kappa shape index (κ3) is 4.39. The maximum atomic E-state index is 13.0. The van der Waals surface area contributed by atoms with Gasteiger partial charge in [-0.2, -0.15) is 0 Å². The summed E-state index contributed by atoms with van der Waals surface area (Å²) in [5.74, 6) is 0.453. The predicted molar refractivity (Wildman–Crippen MR) is 108 cm³/mol. The molecule has 1 amide bonds. The van der Waals surface area contributed by atoms with E-state index in [9.17, 15) is 9.59 Å². The molecule has 0 saturated heterocycles. The van der Waals surface area contributed by atoms with Crippen molar-refractivity contribution in [1.82, 2.24) is 4.98 Å². The van der Waals surface area contributed by atoms with Crippen molar-refractivity contribution < 1.29 is 9.59 Å². The van der Waals surface area contributed by atoms with Crippen LogP contribution in [-0.4, -0.2) is 23.2 Å². The van der Waals surface area contributed by atoms with Gasteiger partial charge in [0.25, 0.3) is 5.91 Å². The first-order valence-corrected chi connectivity index (χ1v) is 8.79. The van der Waals surface area contributed by atoms with Gasteiger partial charge in [0.15, 0.2) is 5.78 Å². The van der Waals surface area contributed by atoms with Crippen LogP contribution in [0.2, 0.25) is 0 Å². The van der Waals surface area contributed by atoms with Crippen molar-refractivity contribution in [2.24, 2.45) is 0 Å². The van der Waals surface area contributed by atoms with Gasteiger partial charge >= 0.3 is 0 Å². The van der Waals surface area contributed by atoms with Crippen LogP contribution in [0.4, 0.5) is 17.2 Å². The lowest BCUT2D eigenvalue weighted by atomic mass is 10.1. The van der Waals surface area contributed by atoms with Gasteiger partial charge in [0.2, 0.25) is 0 Å². The molecule has 3 rings (SSSR count). The number of nitrogens with one attached hydrogen (secondary N) is 1. The molecular formula is C22H21N3O2. The van der Waals surface area contributed by atoms with E-state index in [1.165, 1.54) is 6.92 Å². The Morgan fingerprint density at radius 2 is 1.74 bits per heavy atom. The number of Topliss-reactive ketones (excluding diaryl/α,β-unsaturated/α-hetero) is 1. The minimum atomic E-state index is -0.0911. The Bertz CT molecular complexity index is 955. The van der Waals surface area contributed by atoms with E-state index in [0.717, 1.165) is 11.4 Å². The number of carbonyl (C=O) groups is 2. The molecule has 0 fully saturated rings. The van der Waals surface area contributed by atoms with E-state index < -0.39 is 0 Å². The highest BCUT2D eigenvalue weighted by molar-refractivity contribution is 6.06. The third-order valence-corrected chi connectivity index (χ3v) is 4.18. The lowest BCUT2D eigenvalue weighted by Gasteiger charge is -2.21. The SMILES string of the molecule is CCN(C(=O)c1ccnc(Nc2cccc(C(C)=O)c2)c1)c1ccccc1. The molecule has 5 heteroatoms. The smallest absolute Gasteiger partial charge is 0.258 e. The summed E-state index contributed by atoms with van der Waals surface area (Å²) in [5.41, 5.74) is 2.76. The molecule has 0 aliphatic carbocycles. The number of hydrogen-bond donors (Lipinski definition) is 1. The molecule has 1 aromatic heterocycles.